The third kappa shape index (κ3) is 4.50. The van der Waals surface area contributed by atoms with Gasteiger partial charge in [-0.15, -0.1) is 11.6 Å². The Hall–Kier alpha value is 0.0500. The smallest absolute Gasteiger partial charge is 0.0595 e. The van der Waals surface area contributed by atoms with Gasteiger partial charge in [-0.3, -0.25) is 4.90 Å². The average molecular weight is 281 g/mol. The fourth-order valence-electron chi connectivity index (χ4n) is 1.60. The Labute approximate surface area is 112 Å². The van der Waals surface area contributed by atoms with E-state index in [2.05, 4.69) is 11.8 Å². The van der Waals surface area contributed by atoms with Crippen LogP contribution in [-0.4, -0.2) is 23.9 Å². The lowest BCUT2D eigenvalue weighted by atomic mass is 10.2. The van der Waals surface area contributed by atoms with Crippen molar-refractivity contribution in [2.75, 3.05) is 19.0 Å². The van der Waals surface area contributed by atoms with E-state index in [0.717, 1.165) is 26.1 Å². The lowest BCUT2D eigenvalue weighted by Crippen LogP contribution is -2.26. The van der Waals surface area contributed by atoms with Gasteiger partial charge in [-0.2, -0.15) is 0 Å². The van der Waals surface area contributed by atoms with Gasteiger partial charge in [0.15, 0.2) is 0 Å². The molecule has 0 atom stereocenters. The molecule has 0 aliphatic rings. The molecule has 1 nitrogen and oxygen atoms in total. The van der Waals surface area contributed by atoms with Gasteiger partial charge < -0.3 is 0 Å². The molecule has 1 aromatic carbocycles. The number of halogens is 3. The van der Waals surface area contributed by atoms with Gasteiger partial charge >= 0.3 is 0 Å². The van der Waals surface area contributed by atoms with Crippen molar-refractivity contribution in [2.45, 2.75) is 19.9 Å². The second-order valence-electron chi connectivity index (χ2n) is 3.71. The standard InChI is InChI=1S/C12H16Cl3N/c1-2-6-16(7-5-13)9-10-3-4-11(14)12(15)8-10/h3-4,8H,2,5-7,9H2,1H3. The highest BCUT2D eigenvalue weighted by atomic mass is 35.5. The minimum Gasteiger partial charge on any atom is -0.298 e. The van der Waals surface area contributed by atoms with Gasteiger partial charge in [-0.05, 0) is 30.7 Å². The maximum absolute atomic E-state index is 5.97. The molecule has 0 saturated heterocycles. The zero-order valence-electron chi connectivity index (χ0n) is 9.35. The van der Waals surface area contributed by atoms with Crippen LogP contribution in [0.3, 0.4) is 0 Å². The lowest BCUT2D eigenvalue weighted by molar-refractivity contribution is 0.282. The minimum absolute atomic E-state index is 0.602. The summed E-state index contributed by atoms with van der Waals surface area (Å²) in [6.07, 6.45) is 1.12. The van der Waals surface area contributed by atoms with E-state index in [1.165, 1.54) is 5.56 Å². The maximum Gasteiger partial charge on any atom is 0.0595 e. The normalized spacial score (nSPS) is 11.1. The molecule has 0 bridgehead atoms. The zero-order valence-corrected chi connectivity index (χ0v) is 11.6. The Morgan fingerprint density at radius 1 is 1.12 bits per heavy atom. The first-order valence-electron chi connectivity index (χ1n) is 5.39. The number of rotatable bonds is 6. The Balaban J connectivity index is 2.65. The number of alkyl halides is 1. The highest BCUT2D eigenvalue weighted by Gasteiger charge is 2.06. The number of nitrogens with zero attached hydrogens (tertiary/aromatic N) is 1. The van der Waals surface area contributed by atoms with Crippen LogP contribution in [0.5, 0.6) is 0 Å². The van der Waals surface area contributed by atoms with Crippen molar-refractivity contribution >= 4 is 34.8 Å². The van der Waals surface area contributed by atoms with Crippen LogP contribution in [0.1, 0.15) is 18.9 Å². The Morgan fingerprint density at radius 2 is 1.88 bits per heavy atom. The van der Waals surface area contributed by atoms with Crippen LogP contribution in [-0.2, 0) is 6.54 Å². The van der Waals surface area contributed by atoms with E-state index < -0.39 is 0 Å². The Morgan fingerprint density at radius 3 is 2.44 bits per heavy atom. The molecule has 0 amide bonds. The van der Waals surface area contributed by atoms with Crippen molar-refractivity contribution < 1.29 is 0 Å². The zero-order chi connectivity index (χ0) is 12.0. The molecule has 0 spiro atoms. The first-order chi connectivity index (χ1) is 7.67. The summed E-state index contributed by atoms with van der Waals surface area (Å²) in [5.41, 5.74) is 1.17. The van der Waals surface area contributed by atoms with Crippen molar-refractivity contribution in [3.8, 4) is 0 Å². The molecule has 16 heavy (non-hydrogen) atoms. The van der Waals surface area contributed by atoms with Crippen molar-refractivity contribution in [1.29, 1.82) is 0 Å². The van der Waals surface area contributed by atoms with Gasteiger partial charge in [0.2, 0.25) is 0 Å². The SMILES string of the molecule is CCCN(CCCl)Cc1ccc(Cl)c(Cl)c1. The summed E-state index contributed by atoms with van der Waals surface area (Å²) < 4.78 is 0. The summed E-state index contributed by atoms with van der Waals surface area (Å²) in [6, 6.07) is 5.76. The number of hydrogen-bond acceptors (Lipinski definition) is 1. The van der Waals surface area contributed by atoms with Crippen molar-refractivity contribution in [3.05, 3.63) is 33.8 Å². The van der Waals surface area contributed by atoms with Crippen molar-refractivity contribution in [3.63, 3.8) is 0 Å². The summed E-state index contributed by atoms with van der Waals surface area (Å²) in [6.45, 7) is 4.98. The van der Waals surface area contributed by atoms with Crippen molar-refractivity contribution in [1.82, 2.24) is 4.90 Å². The molecule has 0 N–H and O–H groups in total. The average Bonchev–Trinajstić information content (AvgIpc) is 2.24. The molecule has 4 heteroatoms. The van der Waals surface area contributed by atoms with Gasteiger partial charge in [0.05, 0.1) is 10.0 Å². The molecule has 0 radical (unpaired) electrons. The molecular weight excluding hydrogens is 264 g/mol. The topological polar surface area (TPSA) is 3.24 Å². The predicted octanol–water partition coefficient (Wildman–Crippen LogP) is 4.44. The number of hydrogen-bond donors (Lipinski definition) is 0. The van der Waals surface area contributed by atoms with Gasteiger partial charge in [-0.25, -0.2) is 0 Å². The summed E-state index contributed by atoms with van der Waals surface area (Å²) in [7, 11) is 0. The first kappa shape index (κ1) is 14.1. The summed E-state index contributed by atoms with van der Waals surface area (Å²) >= 11 is 17.6. The van der Waals surface area contributed by atoms with Crippen LogP contribution in [0.4, 0.5) is 0 Å². The maximum atomic E-state index is 5.97. The third-order valence-electron chi connectivity index (χ3n) is 2.33. The van der Waals surface area contributed by atoms with E-state index in [9.17, 15) is 0 Å². The largest absolute Gasteiger partial charge is 0.298 e. The van der Waals surface area contributed by atoms with Gasteiger partial charge in [0.25, 0.3) is 0 Å². The summed E-state index contributed by atoms with van der Waals surface area (Å²) in [5.74, 6) is 0.654. The second-order valence-corrected chi connectivity index (χ2v) is 4.91. The minimum atomic E-state index is 0.602. The monoisotopic (exact) mass is 279 g/mol. The fourth-order valence-corrected chi connectivity index (χ4v) is 2.16. The van der Waals surface area contributed by atoms with E-state index in [4.69, 9.17) is 34.8 Å². The van der Waals surface area contributed by atoms with Crippen LogP contribution in [0.2, 0.25) is 10.0 Å². The molecule has 90 valence electrons. The lowest BCUT2D eigenvalue weighted by Gasteiger charge is -2.20. The van der Waals surface area contributed by atoms with Crippen LogP contribution in [0.15, 0.2) is 18.2 Å². The highest BCUT2D eigenvalue weighted by Crippen LogP contribution is 2.23. The first-order valence-corrected chi connectivity index (χ1v) is 6.68. The fraction of sp³-hybridized carbons (Fsp3) is 0.500. The summed E-state index contributed by atoms with van der Waals surface area (Å²) in [4.78, 5) is 2.31. The Kier molecular flexibility index (Phi) is 6.52. The van der Waals surface area contributed by atoms with E-state index in [1.54, 1.807) is 0 Å². The molecule has 0 saturated carbocycles. The summed E-state index contributed by atoms with van der Waals surface area (Å²) in [5, 5.41) is 1.21. The quantitative estimate of drug-likeness (QED) is 0.696. The molecular formula is C12H16Cl3N. The molecule has 0 aliphatic carbocycles. The van der Waals surface area contributed by atoms with E-state index in [-0.39, 0.29) is 0 Å². The number of benzene rings is 1. The molecule has 0 fully saturated rings. The van der Waals surface area contributed by atoms with Gasteiger partial charge in [0.1, 0.15) is 0 Å². The van der Waals surface area contributed by atoms with E-state index >= 15 is 0 Å². The van der Waals surface area contributed by atoms with Crippen LogP contribution < -0.4 is 0 Å². The molecule has 0 heterocycles. The molecule has 0 aliphatic heterocycles. The van der Waals surface area contributed by atoms with E-state index in [1.807, 2.05) is 18.2 Å². The predicted molar refractivity (Wildman–Crippen MR) is 72.8 cm³/mol. The molecule has 1 rings (SSSR count). The molecule has 0 aromatic heterocycles. The van der Waals surface area contributed by atoms with Gasteiger partial charge in [0, 0.05) is 19.0 Å². The van der Waals surface area contributed by atoms with Crippen LogP contribution in [0, 0.1) is 0 Å². The van der Waals surface area contributed by atoms with Crippen LogP contribution in [0.25, 0.3) is 0 Å². The third-order valence-corrected chi connectivity index (χ3v) is 3.24. The second kappa shape index (κ2) is 7.39. The molecule has 1 aromatic rings. The molecule has 0 unspecified atom stereocenters. The van der Waals surface area contributed by atoms with Gasteiger partial charge in [-0.1, -0.05) is 36.2 Å². The van der Waals surface area contributed by atoms with Crippen molar-refractivity contribution in [2.24, 2.45) is 0 Å². The van der Waals surface area contributed by atoms with E-state index in [0.29, 0.717) is 15.9 Å². The highest BCUT2D eigenvalue weighted by molar-refractivity contribution is 6.42. The Bertz CT molecular complexity index is 322. The van der Waals surface area contributed by atoms with Crippen LogP contribution >= 0.6 is 34.8 Å².